The topological polar surface area (TPSA) is 87.2 Å². The Morgan fingerprint density at radius 2 is 1.84 bits per heavy atom. The molecular weight excluding hydrogens is 416 g/mol. The van der Waals surface area contributed by atoms with E-state index in [1.54, 1.807) is 4.90 Å². The fourth-order valence-corrected chi connectivity index (χ4v) is 5.56. The zero-order valence-corrected chi connectivity index (χ0v) is 19.6. The summed E-state index contributed by atoms with van der Waals surface area (Å²) in [5, 5.41) is 9.83. The van der Waals surface area contributed by atoms with Crippen molar-refractivity contribution in [2.24, 2.45) is 17.8 Å². The van der Waals surface area contributed by atoms with Gasteiger partial charge >= 0.3 is 5.97 Å². The molecule has 3 rings (SSSR count). The van der Waals surface area contributed by atoms with Gasteiger partial charge in [0.15, 0.2) is 0 Å². The summed E-state index contributed by atoms with van der Waals surface area (Å²) in [6.07, 6.45) is 4.28. The summed E-state index contributed by atoms with van der Waals surface area (Å²) in [4.78, 5) is 42.8. The molecule has 0 aromatic carbocycles. The van der Waals surface area contributed by atoms with Gasteiger partial charge in [0, 0.05) is 23.9 Å². The van der Waals surface area contributed by atoms with E-state index in [4.69, 9.17) is 4.74 Å². The van der Waals surface area contributed by atoms with Crippen LogP contribution in [0.5, 0.6) is 0 Å². The number of anilines is 1. The number of aromatic carboxylic acids is 1. The van der Waals surface area contributed by atoms with Crippen LogP contribution in [-0.4, -0.2) is 60.6 Å². The minimum Gasteiger partial charge on any atom is -0.477 e. The van der Waals surface area contributed by atoms with Crippen molar-refractivity contribution in [2.75, 3.05) is 37.7 Å². The van der Waals surface area contributed by atoms with Crippen LogP contribution in [0.3, 0.4) is 0 Å². The molecule has 0 atom stereocenters. The van der Waals surface area contributed by atoms with Gasteiger partial charge in [-0.3, -0.25) is 9.59 Å². The maximum atomic E-state index is 13.6. The Balaban J connectivity index is 1.91. The number of carboxylic acid groups (broad SMARTS) is 1. The van der Waals surface area contributed by atoms with Gasteiger partial charge in [-0.2, -0.15) is 0 Å². The zero-order valence-electron chi connectivity index (χ0n) is 18.8. The molecule has 2 amide bonds. The summed E-state index contributed by atoms with van der Waals surface area (Å²) in [5.41, 5.74) is 0.374. The number of ether oxygens (including phenoxy) is 1. The summed E-state index contributed by atoms with van der Waals surface area (Å²) in [6, 6.07) is 1.81. The second-order valence-electron chi connectivity index (χ2n) is 9.20. The molecule has 0 spiro atoms. The number of hydrogen-bond donors (Lipinski definition) is 1. The molecule has 2 aliphatic rings. The minimum atomic E-state index is -1.05. The maximum Gasteiger partial charge on any atom is 0.348 e. The number of hydrogen-bond acceptors (Lipinski definition) is 5. The van der Waals surface area contributed by atoms with Crippen LogP contribution in [-0.2, 0) is 20.7 Å². The van der Waals surface area contributed by atoms with Crippen molar-refractivity contribution in [1.29, 1.82) is 0 Å². The molecule has 1 saturated carbocycles. The van der Waals surface area contributed by atoms with E-state index in [2.05, 4.69) is 20.8 Å². The first kappa shape index (κ1) is 23.7. The Bertz CT molecular complexity index is 792. The third-order valence-corrected chi connectivity index (χ3v) is 7.28. The zero-order chi connectivity index (χ0) is 22.5. The van der Waals surface area contributed by atoms with Crippen LogP contribution in [0.4, 0.5) is 5.69 Å². The van der Waals surface area contributed by atoms with Crippen molar-refractivity contribution >= 4 is 34.8 Å². The first-order valence-electron chi connectivity index (χ1n) is 11.3. The number of carboxylic acids is 1. The van der Waals surface area contributed by atoms with Gasteiger partial charge in [-0.15, -0.1) is 11.3 Å². The lowest BCUT2D eigenvalue weighted by Crippen LogP contribution is -2.48. The average Bonchev–Trinajstić information content (AvgIpc) is 3.15. The van der Waals surface area contributed by atoms with Gasteiger partial charge in [-0.25, -0.2) is 4.79 Å². The van der Waals surface area contributed by atoms with Crippen molar-refractivity contribution in [2.45, 2.75) is 52.9 Å². The number of nitrogens with zero attached hydrogens (tertiary/aromatic N) is 2. The molecule has 1 aliphatic heterocycles. The van der Waals surface area contributed by atoms with Gasteiger partial charge in [-0.05, 0) is 50.0 Å². The van der Waals surface area contributed by atoms with E-state index < -0.39 is 5.97 Å². The van der Waals surface area contributed by atoms with Gasteiger partial charge < -0.3 is 19.6 Å². The molecular formula is C23H34N2O5S. The van der Waals surface area contributed by atoms with E-state index in [1.165, 1.54) is 16.2 Å². The second kappa shape index (κ2) is 10.6. The van der Waals surface area contributed by atoms with E-state index in [-0.39, 0.29) is 29.2 Å². The van der Waals surface area contributed by atoms with Gasteiger partial charge in [0.2, 0.25) is 11.8 Å². The Labute approximate surface area is 188 Å². The van der Waals surface area contributed by atoms with Crippen LogP contribution in [0.25, 0.3) is 0 Å². The summed E-state index contributed by atoms with van der Waals surface area (Å²) in [6.45, 7) is 8.19. The fourth-order valence-electron chi connectivity index (χ4n) is 4.34. The lowest BCUT2D eigenvalue weighted by molar-refractivity contribution is -0.135. The molecule has 31 heavy (non-hydrogen) atoms. The predicted molar refractivity (Wildman–Crippen MR) is 121 cm³/mol. The third kappa shape index (κ3) is 6.07. The van der Waals surface area contributed by atoms with E-state index in [1.807, 2.05) is 6.07 Å². The summed E-state index contributed by atoms with van der Waals surface area (Å²) < 4.78 is 5.33. The monoisotopic (exact) mass is 450 g/mol. The van der Waals surface area contributed by atoms with Gasteiger partial charge in [0.25, 0.3) is 0 Å². The number of amides is 2. The SMILES string of the molecule is CC(C)Cc1cc(N(CC(=O)N2CCOCC2)C(=O)[C@H]2CC[C@H](C)CC2)c(C(=O)O)s1. The van der Waals surface area contributed by atoms with Gasteiger partial charge in [-0.1, -0.05) is 20.8 Å². The van der Waals surface area contributed by atoms with E-state index in [0.29, 0.717) is 43.8 Å². The van der Waals surface area contributed by atoms with E-state index in [0.717, 1.165) is 37.0 Å². The summed E-state index contributed by atoms with van der Waals surface area (Å²) >= 11 is 1.21. The van der Waals surface area contributed by atoms with Crippen molar-refractivity contribution < 1.29 is 24.2 Å². The van der Waals surface area contributed by atoms with Crippen LogP contribution in [0, 0.1) is 17.8 Å². The van der Waals surface area contributed by atoms with Gasteiger partial charge in [0.1, 0.15) is 11.4 Å². The predicted octanol–water partition coefficient (Wildman–Crippen LogP) is 3.66. The normalized spacial score (nSPS) is 21.9. The Morgan fingerprint density at radius 1 is 1.19 bits per heavy atom. The first-order valence-corrected chi connectivity index (χ1v) is 12.1. The minimum absolute atomic E-state index is 0.120. The van der Waals surface area contributed by atoms with Crippen molar-refractivity contribution in [3.63, 3.8) is 0 Å². The fraction of sp³-hybridized carbons (Fsp3) is 0.696. The standard InChI is InChI=1S/C23H34N2O5S/c1-15(2)12-18-13-19(21(31-18)23(28)29)25(14-20(26)24-8-10-30-11-9-24)22(27)17-6-4-16(3)5-7-17/h13,15-17H,4-12,14H2,1-3H3,(H,28,29)/t16-,17-. The first-order chi connectivity index (χ1) is 14.8. The molecule has 1 aromatic heterocycles. The highest BCUT2D eigenvalue weighted by Gasteiger charge is 2.34. The number of thiophene rings is 1. The Morgan fingerprint density at radius 3 is 2.42 bits per heavy atom. The summed E-state index contributed by atoms with van der Waals surface area (Å²) in [5.74, 6) is -0.528. The Kier molecular flexibility index (Phi) is 8.11. The van der Waals surface area contributed by atoms with Crippen LogP contribution in [0.2, 0.25) is 0 Å². The molecule has 172 valence electrons. The van der Waals surface area contributed by atoms with Crippen LogP contribution < -0.4 is 4.90 Å². The molecule has 2 fully saturated rings. The van der Waals surface area contributed by atoms with E-state index in [9.17, 15) is 19.5 Å². The highest BCUT2D eigenvalue weighted by molar-refractivity contribution is 7.14. The largest absolute Gasteiger partial charge is 0.477 e. The highest BCUT2D eigenvalue weighted by atomic mass is 32.1. The molecule has 1 saturated heterocycles. The molecule has 1 N–H and O–H groups in total. The molecule has 0 unspecified atom stereocenters. The molecule has 8 heteroatoms. The van der Waals surface area contributed by atoms with Crippen molar-refractivity contribution in [1.82, 2.24) is 4.90 Å². The smallest absolute Gasteiger partial charge is 0.348 e. The number of carbonyl (C=O) groups excluding carboxylic acids is 2. The van der Waals surface area contributed by atoms with Crippen LogP contribution in [0.15, 0.2) is 6.07 Å². The van der Waals surface area contributed by atoms with Crippen LogP contribution in [0.1, 0.15) is 61.0 Å². The third-order valence-electron chi connectivity index (χ3n) is 6.15. The van der Waals surface area contributed by atoms with Crippen LogP contribution >= 0.6 is 11.3 Å². The number of morpholine rings is 1. The van der Waals surface area contributed by atoms with E-state index >= 15 is 0 Å². The second-order valence-corrected chi connectivity index (χ2v) is 10.3. The molecule has 7 nitrogen and oxygen atoms in total. The molecule has 1 aromatic rings. The number of carbonyl (C=O) groups is 3. The summed E-state index contributed by atoms with van der Waals surface area (Å²) in [7, 11) is 0. The molecule has 2 heterocycles. The number of rotatable bonds is 7. The average molecular weight is 451 g/mol. The lowest BCUT2D eigenvalue weighted by atomic mass is 9.82. The lowest BCUT2D eigenvalue weighted by Gasteiger charge is -2.33. The van der Waals surface area contributed by atoms with Crippen molar-refractivity contribution in [3.05, 3.63) is 15.8 Å². The quantitative estimate of drug-likeness (QED) is 0.685. The maximum absolute atomic E-state index is 13.6. The Hall–Kier alpha value is -1.93. The molecule has 0 radical (unpaired) electrons. The molecule has 0 bridgehead atoms. The van der Waals surface area contributed by atoms with Gasteiger partial charge in [0.05, 0.1) is 18.9 Å². The molecule has 1 aliphatic carbocycles. The highest BCUT2D eigenvalue weighted by Crippen LogP contribution is 2.36. The van der Waals surface area contributed by atoms with Crippen molar-refractivity contribution in [3.8, 4) is 0 Å².